The van der Waals surface area contributed by atoms with E-state index < -0.39 is 0 Å². The van der Waals surface area contributed by atoms with Crippen LogP contribution in [0.3, 0.4) is 0 Å². The molecule has 2 unspecified atom stereocenters. The first-order chi connectivity index (χ1) is 10.1. The summed E-state index contributed by atoms with van der Waals surface area (Å²) in [6.45, 7) is 1.81. The molecule has 2 rings (SSSR count). The summed E-state index contributed by atoms with van der Waals surface area (Å²) in [6.07, 6.45) is 0.559. The summed E-state index contributed by atoms with van der Waals surface area (Å²) in [5.74, 6) is 2.30. The van der Waals surface area contributed by atoms with Crippen LogP contribution in [-0.4, -0.2) is 55.5 Å². The van der Waals surface area contributed by atoms with Crippen molar-refractivity contribution in [1.82, 2.24) is 15.5 Å². The second kappa shape index (κ2) is 8.41. The average Bonchev–Trinajstić information content (AvgIpc) is 2.48. The van der Waals surface area contributed by atoms with Gasteiger partial charge in [-0.3, -0.25) is 4.79 Å². The molecule has 0 bridgehead atoms. The van der Waals surface area contributed by atoms with Gasteiger partial charge in [0, 0.05) is 37.1 Å². The van der Waals surface area contributed by atoms with Gasteiger partial charge in [-0.25, -0.2) is 0 Å². The Hall–Kier alpha value is -1.04. The lowest BCUT2D eigenvalue weighted by Crippen LogP contribution is -2.43. The summed E-state index contributed by atoms with van der Waals surface area (Å²) in [4.78, 5) is 14.4. The van der Waals surface area contributed by atoms with Crippen LogP contribution < -0.4 is 10.6 Å². The summed E-state index contributed by atoms with van der Waals surface area (Å²) in [6, 6.07) is 10.5. The Balaban J connectivity index is 1.92. The van der Waals surface area contributed by atoms with Crippen molar-refractivity contribution in [3.63, 3.8) is 0 Å². The Kier molecular flexibility index (Phi) is 6.54. The van der Waals surface area contributed by atoms with Gasteiger partial charge < -0.3 is 15.5 Å². The number of likely N-dealkylation sites (N-methyl/N-ethyl adjacent to an activating group) is 1. The maximum atomic E-state index is 12.3. The van der Waals surface area contributed by atoms with E-state index in [0.29, 0.717) is 12.5 Å². The third-order valence-corrected chi connectivity index (χ3v) is 4.65. The summed E-state index contributed by atoms with van der Waals surface area (Å²) < 4.78 is 0. The number of rotatable bonds is 6. The standard InChI is InChI=1S/C16H25N3OS/c1-19(2)11-15(13-6-4-3-5-7-13)18-16(20)10-14-12-21-9-8-17-14/h3-7,14-15,17H,8-12H2,1-2H3,(H,18,20). The average molecular weight is 307 g/mol. The zero-order valence-corrected chi connectivity index (χ0v) is 13.7. The molecule has 1 aromatic carbocycles. The van der Waals surface area contributed by atoms with Crippen LogP contribution in [-0.2, 0) is 4.79 Å². The van der Waals surface area contributed by atoms with E-state index in [-0.39, 0.29) is 11.9 Å². The fraction of sp³-hybridized carbons (Fsp3) is 0.562. The highest BCUT2D eigenvalue weighted by molar-refractivity contribution is 7.99. The molecule has 2 atom stereocenters. The monoisotopic (exact) mass is 307 g/mol. The molecule has 2 N–H and O–H groups in total. The maximum absolute atomic E-state index is 12.3. The van der Waals surface area contributed by atoms with Gasteiger partial charge in [-0.15, -0.1) is 0 Å². The molecule has 1 aliphatic heterocycles. The molecular weight excluding hydrogens is 282 g/mol. The zero-order chi connectivity index (χ0) is 15.1. The van der Waals surface area contributed by atoms with Crippen LogP contribution in [0.4, 0.5) is 0 Å². The lowest BCUT2D eigenvalue weighted by atomic mass is 10.1. The van der Waals surface area contributed by atoms with E-state index in [9.17, 15) is 4.79 Å². The van der Waals surface area contributed by atoms with Crippen molar-refractivity contribution >= 4 is 17.7 Å². The summed E-state index contributed by atoms with van der Waals surface area (Å²) >= 11 is 1.92. The van der Waals surface area contributed by atoms with E-state index in [0.717, 1.165) is 30.2 Å². The van der Waals surface area contributed by atoms with Crippen LogP contribution in [0.2, 0.25) is 0 Å². The highest BCUT2D eigenvalue weighted by atomic mass is 32.2. The molecule has 5 heteroatoms. The number of carbonyl (C=O) groups excluding carboxylic acids is 1. The minimum absolute atomic E-state index is 0.0462. The van der Waals surface area contributed by atoms with E-state index in [4.69, 9.17) is 0 Å². The fourth-order valence-electron chi connectivity index (χ4n) is 2.51. The molecular formula is C16H25N3OS. The minimum atomic E-state index is 0.0462. The first-order valence-corrected chi connectivity index (χ1v) is 8.61. The molecule has 0 radical (unpaired) electrons. The number of carbonyl (C=O) groups is 1. The lowest BCUT2D eigenvalue weighted by molar-refractivity contribution is -0.122. The van der Waals surface area contributed by atoms with Gasteiger partial charge in [0.05, 0.1) is 6.04 Å². The van der Waals surface area contributed by atoms with E-state index in [2.05, 4.69) is 27.7 Å². The van der Waals surface area contributed by atoms with Gasteiger partial charge in [-0.1, -0.05) is 30.3 Å². The first-order valence-electron chi connectivity index (χ1n) is 7.45. The number of hydrogen-bond donors (Lipinski definition) is 2. The molecule has 1 heterocycles. The van der Waals surface area contributed by atoms with Gasteiger partial charge >= 0.3 is 0 Å². The predicted octanol–water partition coefficient (Wildman–Crippen LogP) is 1.50. The summed E-state index contributed by atoms with van der Waals surface area (Å²) in [5, 5.41) is 6.59. The van der Waals surface area contributed by atoms with Crippen molar-refractivity contribution in [1.29, 1.82) is 0 Å². The van der Waals surface area contributed by atoms with Crippen LogP contribution in [0.1, 0.15) is 18.0 Å². The normalized spacial score (nSPS) is 20.2. The Labute approximate surface area is 131 Å². The minimum Gasteiger partial charge on any atom is -0.348 e. The quantitative estimate of drug-likeness (QED) is 0.836. The molecule has 0 aliphatic carbocycles. The van der Waals surface area contributed by atoms with Gasteiger partial charge in [0.2, 0.25) is 5.91 Å². The van der Waals surface area contributed by atoms with Crippen molar-refractivity contribution < 1.29 is 4.79 Å². The highest BCUT2D eigenvalue weighted by Crippen LogP contribution is 2.15. The topological polar surface area (TPSA) is 44.4 Å². The fourth-order valence-corrected chi connectivity index (χ4v) is 3.46. The number of amides is 1. The number of nitrogens with one attached hydrogen (secondary N) is 2. The van der Waals surface area contributed by atoms with E-state index >= 15 is 0 Å². The first kappa shape index (κ1) is 16.3. The number of hydrogen-bond acceptors (Lipinski definition) is 4. The number of benzene rings is 1. The smallest absolute Gasteiger partial charge is 0.222 e. The van der Waals surface area contributed by atoms with Crippen LogP contribution in [0.15, 0.2) is 30.3 Å². The number of thioether (sulfide) groups is 1. The molecule has 1 saturated heterocycles. The van der Waals surface area contributed by atoms with Crippen LogP contribution >= 0.6 is 11.8 Å². The van der Waals surface area contributed by atoms with Gasteiger partial charge in [0.25, 0.3) is 0 Å². The SMILES string of the molecule is CN(C)CC(NC(=O)CC1CSCCN1)c1ccccc1. The van der Waals surface area contributed by atoms with Gasteiger partial charge in [-0.05, 0) is 19.7 Å². The number of nitrogens with zero attached hydrogens (tertiary/aromatic N) is 1. The summed E-state index contributed by atoms with van der Waals surface area (Å²) in [5.41, 5.74) is 1.16. The second-order valence-electron chi connectivity index (χ2n) is 5.72. The predicted molar refractivity (Wildman–Crippen MR) is 89.6 cm³/mol. The van der Waals surface area contributed by atoms with Crippen molar-refractivity contribution in [2.75, 3.05) is 38.7 Å². The van der Waals surface area contributed by atoms with Crippen molar-refractivity contribution in [3.8, 4) is 0 Å². The maximum Gasteiger partial charge on any atom is 0.222 e. The molecule has 1 fully saturated rings. The van der Waals surface area contributed by atoms with E-state index in [1.165, 1.54) is 0 Å². The largest absolute Gasteiger partial charge is 0.348 e. The zero-order valence-electron chi connectivity index (χ0n) is 12.8. The Morgan fingerprint density at radius 3 is 2.81 bits per heavy atom. The molecule has 116 valence electrons. The Morgan fingerprint density at radius 1 is 1.43 bits per heavy atom. The van der Waals surface area contributed by atoms with E-state index in [1.54, 1.807) is 0 Å². The van der Waals surface area contributed by atoms with Crippen LogP contribution in [0.25, 0.3) is 0 Å². The molecule has 0 saturated carbocycles. The second-order valence-corrected chi connectivity index (χ2v) is 6.87. The molecule has 0 aromatic heterocycles. The Morgan fingerprint density at radius 2 is 2.19 bits per heavy atom. The van der Waals surface area contributed by atoms with Crippen molar-refractivity contribution in [3.05, 3.63) is 35.9 Å². The lowest BCUT2D eigenvalue weighted by Gasteiger charge is -2.26. The molecule has 0 spiro atoms. The molecule has 1 aromatic rings. The van der Waals surface area contributed by atoms with Gasteiger partial charge in [0.15, 0.2) is 0 Å². The van der Waals surface area contributed by atoms with Crippen LogP contribution in [0.5, 0.6) is 0 Å². The van der Waals surface area contributed by atoms with Crippen molar-refractivity contribution in [2.45, 2.75) is 18.5 Å². The molecule has 21 heavy (non-hydrogen) atoms. The molecule has 1 amide bonds. The molecule has 4 nitrogen and oxygen atoms in total. The van der Waals surface area contributed by atoms with Crippen molar-refractivity contribution in [2.24, 2.45) is 0 Å². The Bertz CT molecular complexity index is 432. The van der Waals surface area contributed by atoms with E-state index in [1.807, 2.05) is 44.1 Å². The summed E-state index contributed by atoms with van der Waals surface area (Å²) in [7, 11) is 4.06. The van der Waals surface area contributed by atoms with Crippen LogP contribution in [0, 0.1) is 0 Å². The van der Waals surface area contributed by atoms with Gasteiger partial charge in [-0.2, -0.15) is 11.8 Å². The highest BCUT2D eigenvalue weighted by Gasteiger charge is 2.20. The third kappa shape index (κ3) is 5.69. The third-order valence-electron chi connectivity index (χ3n) is 3.52. The molecule has 1 aliphatic rings. The van der Waals surface area contributed by atoms with Gasteiger partial charge in [0.1, 0.15) is 0 Å².